The molecule has 0 saturated carbocycles. The van der Waals surface area contributed by atoms with Crippen LogP contribution < -0.4 is 26.6 Å². The standard InChI is InChI=1S/C8H16N2O.C8H18N2.C7H12N2.C6H10N2.2C5H11NO.2CH4/c1-6(2)8(11)10-7-3-4-9-5-7;1-8(2)7-10-5-3-9-4-6-10;1-5(2)7-8-4-6(3)9-7;1-6(2)8-5-3-4-7-8;2*1-4(2)6-5(3)7;;/h6-7,9H,3-5H2,1-2H3,(H,10,11);8-9H,3-7H2,1-2H3;5H,4H2,1-3H3;3-6H,1-2H3;2*4H,1-3H3,(H,6,7);2*1H4. The summed E-state index contributed by atoms with van der Waals surface area (Å²) < 4.78 is 1.92. The third-order valence-corrected chi connectivity index (χ3v) is 7.09. The van der Waals surface area contributed by atoms with Crippen molar-refractivity contribution in [1.82, 2.24) is 41.3 Å². The Bertz CT molecular complexity index is 1100. The molecule has 1 aromatic heterocycles. The highest BCUT2D eigenvalue weighted by atomic mass is 16.2. The van der Waals surface area contributed by atoms with Crippen LogP contribution in [0.4, 0.5) is 0 Å². The highest BCUT2D eigenvalue weighted by molar-refractivity contribution is 6.03. The Morgan fingerprint density at radius 1 is 0.833 bits per heavy atom. The molecule has 1 aromatic rings. The van der Waals surface area contributed by atoms with Gasteiger partial charge in [-0.1, -0.05) is 56.4 Å². The molecule has 2 saturated heterocycles. The Kier molecular flexibility index (Phi) is 36.6. The van der Waals surface area contributed by atoms with E-state index in [4.69, 9.17) is 0 Å². The fourth-order valence-electron chi connectivity index (χ4n) is 4.73. The molecule has 13 nitrogen and oxygen atoms in total. The van der Waals surface area contributed by atoms with Crippen molar-refractivity contribution in [1.29, 1.82) is 0 Å². The largest absolute Gasteiger partial charge is 0.354 e. The van der Waals surface area contributed by atoms with E-state index in [1.54, 1.807) is 6.20 Å². The van der Waals surface area contributed by atoms with Crippen molar-refractivity contribution in [2.45, 2.75) is 149 Å². The number of carbonyl (C=O) groups is 3. The van der Waals surface area contributed by atoms with Gasteiger partial charge in [0.25, 0.3) is 0 Å². The monoisotopic (exact) mass is 767 g/mol. The van der Waals surface area contributed by atoms with Crippen LogP contribution in [0, 0.1) is 17.8 Å². The molecule has 0 aromatic carbocycles. The summed E-state index contributed by atoms with van der Waals surface area (Å²) in [7, 11) is 0. The number of hydrogen-bond donors (Lipinski definition) is 5. The first kappa shape index (κ1) is 57.6. The fourth-order valence-corrected chi connectivity index (χ4v) is 4.73. The van der Waals surface area contributed by atoms with Gasteiger partial charge < -0.3 is 31.5 Å². The lowest BCUT2D eigenvalue weighted by molar-refractivity contribution is -0.124. The maximum atomic E-state index is 11.2. The van der Waals surface area contributed by atoms with E-state index in [0.29, 0.717) is 18.0 Å². The molecule has 0 spiro atoms. The lowest BCUT2D eigenvalue weighted by atomic mass is 10.2. The predicted octanol–water partition coefficient (Wildman–Crippen LogP) is 5.98. The van der Waals surface area contributed by atoms with Crippen molar-refractivity contribution in [3.8, 4) is 0 Å². The number of aliphatic imine (C=N–C) groups is 2. The second-order valence-corrected chi connectivity index (χ2v) is 15.3. The maximum Gasteiger partial charge on any atom is 0.222 e. The second kappa shape index (κ2) is 34.3. The molecule has 318 valence electrons. The minimum Gasteiger partial charge on any atom is -0.354 e. The zero-order valence-corrected chi connectivity index (χ0v) is 35.6. The quantitative estimate of drug-likeness (QED) is 0.218. The molecule has 0 aliphatic carbocycles. The van der Waals surface area contributed by atoms with Crippen LogP contribution in [0.5, 0.6) is 0 Å². The molecule has 0 bridgehead atoms. The summed E-state index contributed by atoms with van der Waals surface area (Å²) in [5.74, 6) is 2.66. The van der Waals surface area contributed by atoms with Crippen LogP contribution in [-0.2, 0) is 14.4 Å². The normalized spacial score (nSPS) is 15.9. The Labute approximate surface area is 332 Å². The van der Waals surface area contributed by atoms with E-state index in [1.807, 2.05) is 65.4 Å². The van der Waals surface area contributed by atoms with E-state index in [-0.39, 0.29) is 50.6 Å². The first-order valence-corrected chi connectivity index (χ1v) is 19.3. The summed E-state index contributed by atoms with van der Waals surface area (Å²) in [5.41, 5.74) is 1.14. The van der Waals surface area contributed by atoms with Gasteiger partial charge in [-0.05, 0) is 73.4 Å². The number of hydrogen-bond acceptors (Lipinski definition) is 9. The van der Waals surface area contributed by atoms with Crippen LogP contribution >= 0.6 is 0 Å². The highest BCUT2D eigenvalue weighted by Crippen LogP contribution is 2.05. The maximum absolute atomic E-state index is 11.2. The average molecular weight is 767 g/mol. The van der Waals surface area contributed by atoms with Gasteiger partial charge in [0.1, 0.15) is 5.84 Å². The molecule has 13 heteroatoms. The smallest absolute Gasteiger partial charge is 0.222 e. The van der Waals surface area contributed by atoms with Crippen LogP contribution in [0.25, 0.3) is 0 Å². The first-order valence-electron chi connectivity index (χ1n) is 19.3. The van der Waals surface area contributed by atoms with Crippen LogP contribution in [0.15, 0.2) is 28.4 Å². The van der Waals surface area contributed by atoms with Crippen molar-refractivity contribution >= 4 is 29.3 Å². The summed E-state index contributed by atoms with van der Waals surface area (Å²) in [4.78, 5) is 42.5. The fraction of sp³-hybridized carbons (Fsp3) is 0.805. The van der Waals surface area contributed by atoms with Gasteiger partial charge in [0, 0.05) is 107 Å². The van der Waals surface area contributed by atoms with Crippen LogP contribution in [0.1, 0.15) is 131 Å². The lowest BCUT2D eigenvalue weighted by Gasteiger charge is -2.28. The van der Waals surface area contributed by atoms with Gasteiger partial charge in [0.2, 0.25) is 17.7 Å². The van der Waals surface area contributed by atoms with Gasteiger partial charge in [0.05, 0.1) is 6.54 Å². The molecule has 2 fully saturated rings. The SMILES string of the molecule is C.C.CC(=O)NC(C)C.CC(=O)NC(C)C.CC(C)C(=O)NC1CCNC1.CC(C)CN1CCNCC1.CC(C)n1cccn1.CC1=NC(C(C)C)=NC1. The lowest BCUT2D eigenvalue weighted by Crippen LogP contribution is -2.44. The van der Waals surface area contributed by atoms with Gasteiger partial charge in [-0.2, -0.15) is 5.10 Å². The minimum absolute atomic E-state index is 0. The number of amides is 3. The predicted molar refractivity (Wildman–Crippen MR) is 233 cm³/mol. The van der Waals surface area contributed by atoms with Crippen LogP contribution in [-0.4, -0.2) is 114 Å². The van der Waals surface area contributed by atoms with Crippen molar-refractivity contribution in [2.24, 2.45) is 27.7 Å². The third kappa shape index (κ3) is 35.8. The Hall–Kier alpha value is -3.16. The molecule has 3 aliphatic rings. The zero-order chi connectivity index (χ0) is 40.2. The summed E-state index contributed by atoms with van der Waals surface area (Å²) in [5, 5.41) is 18.9. The molecule has 4 heterocycles. The van der Waals surface area contributed by atoms with E-state index in [0.717, 1.165) is 43.5 Å². The van der Waals surface area contributed by atoms with E-state index in [2.05, 4.69) is 88.1 Å². The van der Waals surface area contributed by atoms with Gasteiger partial charge in [0.15, 0.2) is 0 Å². The molecule has 0 radical (unpaired) electrons. The Morgan fingerprint density at radius 2 is 1.37 bits per heavy atom. The first-order chi connectivity index (χ1) is 24.2. The Morgan fingerprint density at radius 3 is 1.63 bits per heavy atom. The van der Waals surface area contributed by atoms with Gasteiger partial charge >= 0.3 is 0 Å². The zero-order valence-electron chi connectivity index (χ0n) is 35.6. The third-order valence-electron chi connectivity index (χ3n) is 7.09. The number of carbonyl (C=O) groups excluding carboxylic acids is 3. The molecule has 5 N–H and O–H groups in total. The number of nitrogens with one attached hydrogen (secondary N) is 5. The van der Waals surface area contributed by atoms with Gasteiger partial charge in [-0.15, -0.1) is 0 Å². The molecule has 4 rings (SSSR count). The van der Waals surface area contributed by atoms with Crippen LogP contribution in [0.2, 0.25) is 0 Å². The number of nitrogens with zero attached hydrogens (tertiary/aromatic N) is 5. The van der Waals surface area contributed by atoms with Gasteiger partial charge in [-0.25, -0.2) is 4.99 Å². The van der Waals surface area contributed by atoms with Gasteiger partial charge in [-0.3, -0.25) is 24.1 Å². The summed E-state index contributed by atoms with van der Waals surface area (Å²) in [6, 6.07) is 3.34. The Balaban J connectivity index is -0.000000278. The van der Waals surface area contributed by atoms with E-state index in [1.165, 1.54) is 46.6 Å². The summed E-state index contributed by atoms with van der Waals surface area (Å²) >= 11 is 0. The second-order valence-electron chi connectivity index (χ2n) is 15.3. The summed E-state index contributed by atoms with van der Waals surface area (Å²) in [6.07, 6.45) is 4.82. The minimum atomic E-state index is 0. The van der Waals surface area contributed by atoms with Crippen molar-refractivity contribution < 1.29 is 14.4 Å². The molecule has 3 amide bonds. The molecule has 1 atom stereocenters. The molecule has 3 aliphatic heterocycles. The molecule has 1 unspecified atom stereocenters. The average Bonchev–Trinajstić information content (AvgIpc) is 3.82. The highest BCUT2D eigenvalue weighted by Gasteiger charge is 2.17. The topological polar surface area (TPSA) is 157 Å². The van der Waals surface area contributed by atoms with E-state index < -0.39 is 0 Å². The molecule has 54 heavy (non-hydrogen) atoms. The molecular weight excluding hydrogens is 681 g/mol. The van der Waals surface area contributed by atoms with Crippen LogP contribution in [0.3, 0.4) is 0 Å². The number of amidine groups is 1. The molecular formula is C41H86N10O3. The number of piperazine rings is 1. The number of rotatable bonds is 8. The van der Waals surface area contributed by atoms with Crippen molar-refractivity contribution in [3.63, 3.8) is 0 Å². The van der Waals surface area contributed by atoms with E-state index in [9.17, 15) is 14.4 Å². The van der Waals surface area contributed by atoms with E-state index >= 15 is 0 Å². The van der Waals surface area contributed by atoms with Crippen molar-refractivity contribution in [3.05, 3.63) is 18.5 Å². The number of aromatic nitrogens is 2. The van der Waals surface area contributed by atoms with Crippen molar-refractivity contribution in [2.75, 3.05) is 52.4 Å². The summed E-state index contributed by atoms with van der Waals surface area (Å²) in [6.45, 7) is 38.4.